The molecule has 31 heavy (non-hydrogen) atoms. The second kappa shape index (κ2) is 10.4. The van der Waals surface area contributed by atoms with Crippen LogP contribution in [0.4, 0.5) is 5.69 Å². The number of nitrogens with one attached hydrogen (secondary N) is 1. The van der Waals surface area contributed by atoms with Crippen LogP contribution < -0.4 is 10.1 Å². The third-order valence-electron chi connectivity index (χ3n) is 4.68. The monoisotopic (exact) mass is 416 g/mol. The average Bonchev–Trinajstić information content (AvgIpc) is 3.23. The molecule has 0 spiro atoms. The molecule has 2 aromatic carbocycles. The molecule has 2 aromatic heterocycles. The minimum atomic E-state index is -0.119. The summed E-state index contributed by atoms with van der Waals surface area (Å²) in [5.74, 6) is 1.19. The van der Waals surface area contributed by atoms with E-state index in [1.54, 1.807) is 10.7 Å². The summed E-state index contributed by atoms with van der Waals surface area (Å²) in [6, 6.07) is 17.0. The highest BCUT2D eigenvalue weighted by atomic mass is 16.5. The molecule has 160 valence electrons. The quantitative estimate of drug-likeness (QED) is 0.415. The maximum absolute atomic E-state index is 12.8. The van der Waals surface area contributed by atoms with Gasteiger partial charge in [-0.25, -0.2) is 9.50 Å². The highest BCUT2D eigenvalue weighted by molar-refractivity contribution is 6.05. The summed E-state index contributed by atoms with van der Waals surface area (Å²) in [5.41, 5.74) is 4.15. The molecule has 6 nitrogen and oxygen atoms in total. The van der Waals surface area contributed by atoms with E-state index in [-0.39, 0.29) is 5.91 Å². The van der Waals surface area contributed by atoms with Crippen LogP contribution in [0.1, 0.15) is 48.7 Å². The molecular formula is C25H28N4O2. The summed E-state index contributed by atoms with van der Waals surface area (Å²) in [5, 5.41) is 7.12. The summed E-state index contributed by atoms with van der Waals surface area (Å²) in [6.07, 6.45) is 5.16. The number of carbonyl (C=O) groups is 1. The van der Waals surface area contributed by atoms with Crippen molar-refractivity contribution in [2.45, 2.75) is 40.5 Å². The Morgan fingerprint density at radius 2 is 1.90 bits per heavy atom. The Labute approximate surface area is 182 Å². The van der Waals surface area contributed by atoms with Crippen molar-refractivity contribution in [2.24, 2.45) is 0 Å². The van der Waals surface area contributed by atoms with Gasteiger partial charge in [0.15, 0.2) is 5.65 Å². The number of nitrogens with zero attached hydrogens (tertiary/aromatic N) is 3. The lowest BCUT2D eigenvalue weighted by Crippen LogP contribution is -2.14. The molecule has 1 N–H and O–H groups in total. The Bertz CT molecular complexity index is 1170. The second-order valence-electron chi connectivity index (χ2n) is 6.87. The fourth-order valence-corrected chi connectivity index (χ4v) is 3.24. The van der Waals surface area contributed by atoms with Crippen LogP contribution in [0.5, 0.6) is 11.5 Å². The van der Waals surface area contributed by atoms with E-state index in [2.05, 4.69) is 22.3 Å². The first kappa shape index (κ1) is 22.0. The molecule has 0 saturated carbocycles. The van der Waals surface area contributed by atoms with E-state index < -0.39 is 0 Å². The third kappa shape index (κ3) is 5.28. The number of pyridine rings is 1. The van der Waals surface area contributed by atoms with Gasteiger partial charge in [0.25, 0.3) is 5.91 Å². The molecular weight excluding hydrogens is 388 g/mol. The van der Waals surface area contributed by atoms with Gasteiger partial charge in [-0.2, -0.15) is 5.10 Å². The molecule has 4 rings (SSSR count). The standard InChI is InChI=1S/C23H22N4O2.C2H6/c1-3-7-17-8-4-5-11-20(17)23(28)26-18-9-6-10-19(13-18)29-21-14-27-22(12-16(21)2)24-15-25-27;1-2/h4-6,8-15H,3,7H2,1-2H3,(H,26,28);1-2H3. The van der Waals surface area contributed by atoms with Crippen LogP contribution in [0.2, 0.25) is 0 Å². The number of hydrogen-bond donors (Lipinski definition) is 1. The molecule has 1 amide bonds. The zero-order valence-electron chi connectivity index (χ0n) is 18.4. The first-order valence-electron chi connectivity index (χ1n) is 10.6. The van der Waals surface area contributed by atoms with Crippen LogP contribution in [-0.2, 0) is 6.42 Å². The Kier molecular flexibility index (Phi) is 7.38. The zero-order valence-corrected chi connectivity index (χ0v) is 18.4. The van der Waals surface area contributed by atoms with Gasteiger partial charge in [-0.15, -0.1) is 0 Å². The first-order chi connectivity index (χ1) is 15.1. The number of ether oxygens (including phenoxy) is 1. The molecule has 0 atom stereocenters. The number of benzene rings is 2. The molecule has 4 aromatic rings. The SMILES string of the molecule is CC.CCCc1ccccc1C(=O)Nc1cccc(Oc2cn3ncnc3cc2C)c1. The molecule has 0 aliphatic rings. The minimum absolute atomic E-state index is 0.119. The van der Waals surface area contributed by atoms with Crippen molar-refractivity contribution in [2.75, 3.05) is 5.32 Å². The van der Waals surface area contributed by atoms with E-state index in [1.807, 2.05) is 75.4 Å². The molecule has 0 aliphatic heterocycles. The van der Waals surface area contributed by atoms with Gasteiger partial charge in [-0.1, -0.05) is 51.5 Å². The zero-order chi connectivity index (χ0) is 22.2. The third-order valence-corrected chi connectivity index (χ3v) is 4.68. The van der Waals surface area contributed by atoms with Crippen molar-refractivity contribution in [3.8, 4) is 11.5 Å². The topological polar surface area (TPSA) is 68.5 Å². The van der Waals surface area contributed by atoms with Gasteiger partial charge in [0, 0.05) is 17.3 Å². The van der Waals surface area contributed by atoms with Crippen molar-refractivity contribution in [1.29, 1.82) is 0 Å². The second-order valence-corrected chi connectivity index (χ2v) is 6.87. The number of aromatic nitrogens is 3. The largest absolute Gasteiger partial charge is 0.455 e. The maximum Gasteiger partial charge on any atom is 0.255 e. The van der Waals surface area contributed by atoms with Crippen molar-refractivity contribution in [1.82, 2.24) is 14.6 Å². The first-order valence-corrected chi connectivity index (χ1v) is 10.6. The molecule has 0 aliphatic carbocycles. The van der Waals surface area contributed by atoms with Crippen molar-refractivity contribution in [3.63, 3.8) is 0 Å². The number of amides is 1. The van der Waals surface area contributed by atoms with E-state index in [4.69, 9.17) is 4.74 Å². The van der Waals surface area contributed by atoms with Crippen LogP contribution in [0.15, 0.2) is 67.1 Å². The van der Waals surface area contributed by atoms with Gasteiger partial charge in [-0.05, 0) is 48.7 Å². The highest BCUT2D eigenvalue weighted by Crippen LogP contribution is 2.27. The summed E-state index contributed by atoms with van der Waals surface area (Å²) >= 11 is 0. The van der Waals surface area contributed by atoms with E-state index in [0.29, 0.717) is 22.7 Å². The lowest BCUT2D eigenvalue weighted by Gasteiger charge is -2.12. The normalized spacial score (nSPS) is 10.3. The predicted octanol–water partition coefficient (Wildman–Crippen LogP) is 6.06. The number of carbonyl (C=O) groups excluding carboxylic acids is 1. The van der Waals surface area contributed by atoms with Crippen molar-refractivity contribution in [3.05, 3.63) is 83.8 Å². The van der Waals surface area contributed by atoms with Gasteiger partial charge in [0.05, 0.1) is 6.20 Å². The van der Waals surface area contributed by atoms with E-state index in [1.165, 1.54) is 6.33 Å². The molecule has 0 bridgehead atoms. The summed E-state index contributed by atoms with van der Waals surface area (Å²) in [7, 11) is 0. The van der Waals surface area contributed by atoms with Crippen LogP contribution >= 0.6 is 0 Å². The molecule has 0 fully saturated rings. The Hall–Kier alpha value is -3.67. The summed E-state index contributed by atoms with van der Waals surface area (Å²) < 4.78 is 7.70. The summed E-state index contributed by atoms with van der Waals surface area (Å²) in [6.45, 7) is 8.06. The lowest BCUT2D eigenvalue weighted by molar-refractivity contribution is 0.102. The van der Waals surface area contributed by atoms with Crippen molar-refractivity contribution < 1.29 is 9.53 Å². The van der Waals surface area contributed by atoms with Gasteiger partial charge in [-0.3, -0.25) is 4.79 Å². The van der Waals surface area contributed by atoms with E-state index >= 15 is 0 Å². The average molecular weight is 417 g/mol. The number of fused-ring (bicyclic) bond motifs is 1. The van der Waals surface area contributed by atoms with E-state index in [9.17, 15) is 4.79 Å². The fraction of sp³-hybridized carbons (Fsp3) is 0.240. The molecule has 2 heterocycles. The number of rotatable bonds is 6. The summed E-state index contributed by atoms with van der Waals surface area (Å²) in [4.78, 5) is 17.0. The van der Waals surface area contributed by atoms with Crippen molar-refractivity contribution >= 4 is 17.2 Å². The Morgan fingerprint density at radius 1 is 1.10 bits per heavy atom. The predicted molar refractivity (Wildman–Crippen MR) is 124 cm³/mol. The van der Waals surface area contributed by atoms with Gasteiger partial charge in [0.2, 0.25) is 0 Å². The molecule has 0 saturated heterocycles. The van der Waals surface area contributed by atoms with E-state index in [0.717, 1.165) is 29.6 Å². The van der Waals surface area contributed by atoms with Gasteiger partial charge >= 0.3 is 0 Å². The molecule has 0 unspecified atom stereocenters. The Morgan fingerprint density at radius 3 is 2.71 bits per heavy atom. The minimum Gasteiger partial charge on any atom is -0.455 e. The number of aryl methyl sites for hydroxylation is 2. The van der Waals surface area contributed by atoms with Crippen LogP contribution in [-0.4, -0.2) is 20.5 Å². The molecule has 0 radical (unpaired) electrons. The van der Waals surface area contributed by atoms with Gasteiger partial charge in [0.1, 0.15) is 17.8 Å². The Balaban J connectivity index is 0.00000132. The maximum atomic E-state index is 12.8. The molecule has 6 heteroatoms. The number of hydrogen-bond acceptors (Lipinski definition) is 4. The lowest BCUT2D eigenvalue weighted by atomic mass is 10.0. The smallest absolute Gasteiger partial charge is 0.255 e. The fourth-order valence-electron chi connectivity index (χ4n) is 3.24. The van der Waals surface area contributed by atoms with Crippen LogP contribution in [0, 0.1) is 6.92 Å². The number of anilines is 1. The van der Waals surface area contributed by atoms with Gasteiger partial charge < -0.3 is 10.1 Å². The van der Waals surface area contributed by atoms with Crippen LogP contribution in [0.25, 0.3) is 5.65 Å². The highest BCUT2D eigenvalue weighted by Gasteiger charge is 2.12. The van der Waals surface area contributed by atoms with Crippen LogP contribution in [0.3, 0.4) is 0 Å².